The van der Waals surface area contributed by atoms with Crippen LogP contribution in [0.15, 0.2) is 6.20 Å². The molecule has 1 aromatic rings. The topological polar surface area (TPSA) is 129 Å². The molecule has 0 fully saturated rings. The number of carbonyl (C=O) groups excluding carboxylic acids is 2. The van der Waals surface area contributed by atoms with Gasteiger partial charge >= 0.3 is 12.0 Å². The SMILES string of the molecule is CN(C)C(=O)CNC(=O)NCc1cn(CC(=O)O)nn1. The average Bonchev–Trinajstić information content (AvgIpc) is 2.79. The van der Waals surface area contributed by atoms with Gasteiger partial charge < -0.3 is 20.6 Å². The monoisotopic (exact) mass is 284 g/mol. The van der Waals surface area contributed by atoms with E-state index in [1.807, 2.05) is 0 Å². The molecule has 0 saturated heterocycles. The summed E-state index contributed by atoms with van der Waals surface area (Å²) in [7, 11) is 3.17. The second-order valence-corrected chi connectivity index (χ2v) is 4.13. The third kappa shape index (κ3) is 5.33. The summed E-state index contributed by atoms with van der Waals surface area (Å²) >= 11 is 0. The van der Waals surface area contributed by atoms with Crippen LogP contribution in [0.1, 0.15) is 5.69 Å². The maximum Gasteiger partial charge on any atom is 0.325 e. The van der Waals surface area contributed by atoms with Crippen molar-refractivity contribution in [1.82, 2.24) is 30.5 Å². The van der Waals surface area contributed by atoms with E-state index in [0.29, 0.717) is 5.69 Å². The van der Waals surface area contributed by atoms with E-state index in [2.05, 4.69) is 20.9 Å². The number of carbonyl (C=O) groups is 3. The zero-order valence-corrected chi connectivity index (χ0v) is 11.2. The van der Waals surface area contributed by atoms with Crippen molar-refractivity contribution in [2.45, 2.75) is 13.1 Å². The van der Waals surface area contributed by atoms with Crippen molar-refractivity contribution in [3.05, 3.63) is 11.9 Å². The van der Waals surface area contributed by atoms with Crippen molar-refractivity contribution in [3.63, 3.8) is 0 Å². The summed E-state index contributed by atoms with van der Waals surface area (Å²) in [5.74, 6) is -1.26. The molecule has 3 amide bonds. The summed E-state index contributed by atoms with van der Waals surface area (Å²) in [5, 5.41) is 20.7. The minimum absolute atomic E-state index is 0.0849. The van der Waals surface area contributed by atoms with Crippen molar-refractivity contribution in [2.75, 3.05) is 20.6 Å². The number of carboxylic acid groups (broad SMARTS) is 1. The maximum absolute atomic E-state index is 11.4. The van der Waals surface area contributed by atoms with E-state index in [1.54, 1.807) is 14.1 Å². The molecular formula is C10H16N6O4. The number of urea groups is 1. The van der Waals surface area contributed by atoms with Crippen LogP contribution < -0.4 is 10.6 Å². The number of carboxylic acids is 1. The highest BCUT2D eigenvalue weighted by Crippen LogP contribution is 1.92. The largest absolute Gasteiger partial charge is 0.480 e. The molecule has 1 heterocycles. The van der Waals surface area contributed by atoms with Crippen LogP contribution in [-0.2, 0) is 22.7 Å². The number of amides is 3. The number of aromatic nitrogens is 3. The number of likely N-dealkylation sites (N-methyl/N-ethyl adjacent to an activating group) is 1. The number of nitrogens with zero attached hydrogens (tertiary/aromatic N) is 4. The van der Waals surface area contributed by atoms with Gasteiger partial charge in [-0.25, -0.2) is 9.48 Å². The van der Waals surface area contributed by atoms with Gasteiger partial charge in [0, 0.05) is 14.1 Å². The molecule has 0 aliphatic rings. The van der Waals surface area contributed by atoms with Crippen LogP contribution in [0.2, 0.25) is 0 Å². The lowest BCUT2D eigenvalue weighted by Crippen LogP contribution is -2.41. The lowest BCUT2D eigenvalue weighted by molar-refractivity contribution is -0.138. The molecule has 0 atom stereocenters. The fourth-order valence-electron chi connectivity index (χ4n) is 1.18. The third-order valence-electron chi connectivity index (χ3n) is 2.21. The van der Waals surface area contributed by atoms with E-state index < -0.39 is 12.0 Å². The highest BCUT2D eigenvalue weighted by molar-refractivity contribution is 5.83. The summed E-state index contributed by atoms with van der Waals surface area (Å²) in [6, 6.07) is -0.520. The molecule has 0 bridgehead atoms. The first kappa shape index (κ1) is 15.4. The molecule has 20 heavy (non-hydrogen) atoms. The van der Waals surface area contributed by atoms with Gasteiger partial charge in [-0.2, -0.15) is 0 Å². The molecule has 3 N–H and O–H groups in total. The average molecular weight is 284 g/mol. The van der Waals surface area contributed by atoms with Gasteiger partial charge in [0.25, 0.3) is 0 Å². The Kier molecular flexibility index (Phi) is 5.44. The Hall–Kier alpha value is -2.65. The Labute approximate surface area is 114 Å². The van der Waals surface area contributed by atoms with E-state index >= 15 is 0 Å². The van der Waals surface area contributed by atoms with Crippen LogP contribution in [-0.4, -0.2) is 63.5 Å². The second kappa shape index (κ2) is 7.07. The highest BCUT2D eigenvalue weighted by atomic mass is 16.4. The molecule has 0 radical (unpaired) electrons. The molecule has 10 nitrogen and oxygen atoms in total. The first-order valence-electron chi connectivity index (χ1n) is 5.71. The smallest absolute Gasteiger partial charge is 0.325 e. The molecule has 0 aromatic carbocycles. The summed E-state index contributed by atoms with van der Waals surface area (Å²) in [4.78, 5) is 34.4. The number of rotatable bonds is 6. The van der Waals surface area contributed by atoms with Crippen LogP contribution in [0.4, 0.5) is 4.79 Å². The Bertz CT molecular complexity index is 498. The van der Waals surface area contributed by atoms with Crippen molar-refractivity contribution >= 4 is 17.9 Å². The summed E-state index contributed by atoms with van der Waals surface area (Å²) in [6.45, 7) is -0.317. The van der Waals surface area contributed by atoms with E-state index in [-0.39, 0.29) is 25.5 Å². The molecule has 0 aliphatic carbocycles. The van der Waals surface area contributed by atoms with Gasteiger partial charge in [0.05, 0.1) is 19.3 Å². The molecule has 0 unspecified atom stereocenters. The van der Waals surface area contributed by atoms with Crippen molar-refractivity contribution in [3.8, 4) is 0 Å². The Morgan fingerprint density at radius 3 is 2.65 bits per heavy atom. The van der Waals surface area contributed by atoms with Gasteiger partial charge in [0.15, 0.2) is 0 Å². The third-order valence-corrected chi connectivity index (χ3v) is 2.21. The Morgan fingerprint density at radius 1 is 1.35 bits per heavy atom. The predicted molar refractivity (Wildman–Crippen MR) is 66.6 cm³/mol. The number of hydrogen-bond acceptors (Lipinski definition) is 5. The second-order valence-electron chi connectivity index (χ2n) is 4.13. The quantitative estimate of drug-likeness (QED) is 0.568. The van der Waals surface area contributed by atoms with Crippen LogP contribution in [0.5, 0.6) is 0 Å². The molecule has 0 spiro atoms. The lowest BCUT2D eigenvalue weighted by Gasteiger charge is -2.11. The van der Waals surface area contributed by atoms with Crippen LogP contribution in [0.3, 0.4) is 0 Å². The molecule has 1 aromatic heterocycles. The zero-order chi connectivity index (χ0) is 15.1. The van der Waals surface area contributed by atoms with Gasteiger partial charge in [0.2, 0.25) is 5.91 Å². The minimum atomic E-state index is -1.03. The van der Waals surface area contributed by atoms with Gasteiger partial charge in [-0.3, -0.25) is 9.59 Å². The summed E-state index contributed by atoms with van der Waals surface area (Å²) in [5.41, 5.74) is 0.417. The molecule has 0 aliphatic heterocycles. The van der Waals surface area contributed by atoms with Crippen molar-refractivity contribution < 1.29 is 19.5 Å². The van der Waals surface area contributed by atoms with Crippen LogP contribution >= 0.6 is 0 Å². The molecule has 0 saturated carbocycles. The van der Waals surface area contributed by atoms with Crippen molar-refractivity contribution in [1.29, 1.82) is 0 Å². The van der Waals surface area contributed by atoms with Gasteiger partial charge in [-0.1, -0.05) is 5.21 Å². The Balaban J connectivity index is 2.32. The maximum atomic E-state index is 11.4. The number of hydrogen-bond donors (Lipinski definition) is 3. The number of nitrogens with one attached hydrogen (secondary N) is 2. The van der Waals surface area contributed by atoms with E-state index in [1.165, 1.54) is 11.1 Å². The van der Waals surface area contributed by atoms with E-state index in [4.69, 9.17) is 5.11 Å². The molecule has 1 rings (SSSR count). The minimum Gasteiger partial charge on any atom is -0.480 e. The molecule has 110 valence electrons. The first-order chi connectivity index (χ1) is 9.38. The van der Waals surface area contributed by atoms with Gasteiger partial charge in [-0.05, 0) is 0 Å². The Morgan fingerprint density at radius 2 is 2.05 bits per heavy atom. The van der Waals surface area contributed by atoms with Gasteiger partial charge in [0.1, 0.15) is 12.2 Å². The van der Waals surface area contributed by atoms with E-state index in [9.17, 15) is 14.4 Å². The zero-order valence-electron chi connectivity index (χ0n) is 11.2. The fourth-order valence-corrected chi connectivity index (χ4v) is 1.18. The predicted octanol–water partition coefficient (Wildman–Crippen LogP) is -1.75. The van der Waals surface area contributed by atoms with Crippen LogP contribution in [0, 0.1) is 0 Å². The lowest BCUT2D eigenvalue weighted by atomic mass is 10.4. The number of aliphatic carboxylic acids is 1. The van der Waals surface area contributed by atoms with Crippen LogP contribution in [0.25, 0.3) is 0 Å². The molecular weight excluding hydrogens is 268 g/mol. The van der Waals surface area contributed by atoms with Gasteiger partial charge in [-0.15, -0.1) is 5.10 Å². The normalized spacial score (nSPS) is 9.90. The van der Waals surface area contributed by atoms with E-state index in [0.717, 1.165) is 4.68 Å². The summed E-state index contributed by atoms with van der Waals surface area (Å²) < 4.78 is 1.15. The van der Waals surface area contributed by atoms with Crippen molar-refractivity contribution in [2.24, 2.45) is 0 Å². The first-order valence-corrected chi connectivity index (χ1v) is 5.71. The highest BCUT2D eigenvalue weighted by Gasteiger charge is 2.08. The fraction of sp³-hybridized carbons (Fsp3) is 0.500. The summed E-state index contributed by atoms with van der Waals surface area (Å²) in [6.07, 6.45) is 1.42. The standard InChI is InChI=1S/C10H16N6O4/c1-15(2)8(17)4-12-10(20)11-3-7-5-16(14-13-7)6-9(18)19/h5H,3-4,6H2,1-2H3,(H,18,19)(H2,11,12,20). The molecule has 10 heteroatoms.